The van der Waals surface area contributed by atoms with E-state index < -0.39 is 94.4 Å². The van der Waals surface area contributed by atoms with Gasteiger partial charge >= 0.3 is 11.8 Å². The molecule has 0 aromatic heterocycles. The number of aliphatic hydroxyl groups is 2. The number of hydrogen-bond acceptors (Lipinski definition) is 12. The van der Waals surface area contributed by atoms with Crippen LogP contribution >= 0.6 is 0 Å². The van der Waals surface area contributed by atoms with Gasteiger partial charge in [-0.1, -0.05) is 41.0 Å². The summed E-state index contributed by atoms with van der Waals surface area (Å²) >= 11 is 0. The molecule has 50 heavy (non-hydrogen) atoms. The number of carbonyl (C=O) groups is 5. The number of esters is 1. The summed E-state index contributed by atoms with van der Waals surface area (Å²) in [5.74, 6) is -8.86. The number of ketones is 3. The second kappa shape index (κ2) is 15.0. The van der Waals surface area contributed by atoms with Crippen LogP contribution in [0, 0.1) is 36.5 Å². The minimum absolute atomic E-state index is 0.0294. The van der Waals surface area contributed by atoms with Gasteiger partial charge in [0.05, 0.1) is 47.0 Å². The maximum absolute atomic E-state index is 13.9. The maximum Gasteiger partial charge on any atom is 0.312 e. The summed E-state index contributed by atoms with van der Waals surface area (Å²) in [6.45, 7) is 12.7. The molecule has 3 aliphatic heterocycles. The molecule has 10 atom stereocenters. The number of aliphatic hydroxyl groups excluding tert-OH is 2. The molecule has 4 N–H and O–H groups in total. The van der Waals surface area contributed by atoms with E-state index in [0.717, 1.165) is 6.08 Å². The van der Waals surface area contributed by atoms with Gasteiger partial charge in [-0.3, -0.25) is 24.0 Å². The number of phenols is 1. The van der Waals surface area contributed by atoms with E-state index in [0.29, 0.717) is 19.3 Å². The molecule has 1 aromatic rings. The van der Waals surface area contributed by atoms with E-state index in [1.807, 2.05) is 6.92 Å². The predicted molar refractivity (Wildman–Crippen MR) is 179 cm³/mol. The first-order chi connectivity index (χ1) is 23.4. The van der Waals surface area contributed by atoms with Crippen LogP contribution < -0.4 is 10.1 Å². The van der Waals surface area contributed by atoms with Crippen molar-refractivity contribution in [1.29, 1.82) is 0 Å². The topological polar surface area (TPSA) is 195 Å². The molecule has 1 amide bonds. The molecule has 4 aliphatic rings. The van der Waals surface area contributed by atoms with Gasteiger partial charge in [-0.05, 0) is 31.8 Å². The summed E-state index contributed by atoms with van der Waals surface area (Å²) in [5, 5.41) is 36.3. The number of nitrogens with one attached hydrogen (secondary N) is 1. The Kier molecular flexibility index (Phi) is 11.6. The van der Waals surface area contributed by atoms with E-state index >= 15 is 0 Å². The smallest absolute Gasteiger partial charge is 0.312 e. The number of rotatable bonds is 2. The van der Waals surface area contributed by atoms with Crippen LogP contribution in [0.5, 0.6) is 11.5 Å². The van der Waals surface area contributed by atoms with Crippen LogP contribution in [-0.4, -0.2) is 81.9 Å². The first kappa shape index (κ1) is 38.7. The van der Waals surface area contributed by atoms with Crippen molar-refractivity contribution in [2.45, 2.75) is 105 Å². The highest BCUT2D eigenvalue weighted by Crippen LogP contribution is 2.48. The average Bonchev–Trinajstić information content (AvgIpc) is 3.33. The molecule has 0 saturated carbocycles. The highest BCUT2D eigenvalue weighted by molar-refractivity contribution is 6.30. The van der Waals surface area contributed by atoms with Crippen LogP contribution in [0.25, 0.3) is 0 Å². The molecule has 274 valence electrons. The number of amides is 1. The lowest BCUT2D eigenvalue weighted by molar-refractivity contribution is -0.160. The van der Waals surface area contributed by atoms with Crippen molar-refractivity contribution in [3.63, 3.8) is 0 Å². The number of fused-ring (bicyclic) bond motifs is 16. The Hall–Kier alpha value is -4.07. The second-order valence-electron chi connectivity index (χ2n) is 14.1. The van der Waals surface area contributed by atoms with Gasteiger partial charge in [-0.25, -0.2) is 0 Å². The van der Waals surface area contributed by atoms with Crippen molar-refractivity contribution in [2.24, 2.45) is 29.6 Å². The summed E-state index contributed by atoms with van der Waals surface area (Å²) < 4.78 is 23.1. The molecular weight excluding hydrogens is 650 g/mol. The summed E-state index contributed by atoms with van der Waals surface area (Å²) in [6.07, 6.45) is 1.40. The van der Waals surface area contributed by atoms with Gasteiger partial charge in [0.1, 0.15) is 17.6 Å². The molecule has 5 bridgehead atoms. The number of aromatic hydroxyl groups is 1. The zero-order valence-corrected chi connectivity index (χ0v) is 30.1. The van der Waals surface area contributed by atoms with Gasteiger partial charge in [0, 0.05) is 56.3 Å². The molecule has 1 unspecified atom stereocenters. The van der Waals surface area contributed by atoms with Crippen LogP contribution in [0.2, 0.25) is 0 Å². The minimum Gasteiger partial charge on any atom is -0.507 e. The number of methoxy groups -OCH3 is 1. The van der Waals surface area contributed by atoms with Crippen molar-refractivity contribution < 1.29 is 58.2 Å². The standard InChI is InChI=1S/C37H49NO12/c1-16-11-10-12-17(2)36(46)38-23-15-24(40)26-27(32(23)44)31(43)21(6)34-28(26)35(45)37(8,50-34)48-14-13-25(47-9)18(3)33(49-22(7)39)20(5)30(42)19(4)29(16)41/h13-20,25,29-30,33,41-43H,10-12H2,1-9H3,(H,38,46)/b14-13+/t16-,17?,18+,19+,20+,25-,29-,30-,33-,37+/m1/s1. The van der Waals surface area contributed by atoms with E-state index in [1.165, 1.54) is 40.2 Å². The number of ether oxygens (including phenoxy) is 4. The Bertz CT molecular complexity index is 1610. The van der Waals surface area contributed by atoms with E-state index in [4.69, 9.17) is 18.9 Å². The molecule has 0 fully saturated rings. The number of benzene rings is 1. The Labute approximate surface area is 292 Å². The fourth-order valence-electron chi connectivity index (χ4n) is 7.18. The van der Waals surface area contributed by atoms with E-state index in [1.54, 1.807) is 27.7 Å². The molecule has 1 aromatic carbocycles. The number of hydrogen-bond donors (Lipinski definition) is 4. The lowest BCUT2D eigenvalue weighted by Crippen LogP contribution is -2.46. The molecule has 13 nitrogen and oxygen atoms in total. The number of Topliss-reactive ketones (excluding diaryl/α,β-unsaturated/α-hetero) is 2. The third-order valence-electron chi connectivity index (χ3n) is 10.5. The Morgan fingerprint density at radius 3 is 2.24 bits per heavy atom. The van der Waals surface area contributed by atoms with Gasteiger partial charge in [-0.15, -0.1) is 0 Å². The third kappa shape index (κ3) is 7.22. The molecule has 3 heterocycles. The van der Waals surface area contributed by atoms with Crippen LogP contribution in [0.15, 0.2) is 24.1 Å². The molecule has 1 aliphatic carbocycles. The van der Waals surface area contributed by atoms with Gasteiger partial charge in [0.25, 0.3) is 5.78 Å². The highest BCUT2D eigenvalue weighted by atomic mass is 16.7. The van der Waals surface area contributed by atoms with E-state index in [-0.39, 0.29) is 34.1 Å². The van der Waals surface area contributed by atoms with Crippen molar-refractivity contribution in [1.82, 2.24) is 5.32 Å². The first-order valence-corrected chi connectivity index (χ1v) is 17.0. The Morgan fingerprint density at radius 2 is 1.62 bits per heavy atom. The molecule has 0 radical (unpaired) electrons. The van der Waals surface area contributed by atoms with Crippen LogP contribution in [0.4, 0.5) is 0 Å². The maximum atomic E-state index is 13.9. The quantitative estimate of drug-likeness (QED) is 0.325. The number of allylic oxidation sites excluding steroid dienone is 2. The third-order valence-corrected chi connectivity index (χ3v) is 10.5. The van der Waals surface area contributed by atoms with Crippen LogP contribution in [0.1, 0.15) is 104 Å². The molecule has 13 heteroatoms. The first-order valence-electron chi connectivity index (χ1n) is 17.0. The van der Waals surface area contributed by atoms with Crippen molar-refractivity contribution in [2.75, 3.05) is 7.11 Å². The van der Waals surface area contributed by atoms with Gasteiger partial charge in [0.2, 0.25) is 11.7 Å². The van der Waals surface area contributed by atoms with E-state index in [2.05, 4.69) is 5.32 Å². The van der Waals surface area contributed by atoms with Crippen LogP contribution in [0.3, 0.4) is 0 Å². The molecule has 0 saturated heterocycles. The predicted octanol–water partition coefficient (Wildman–Crippen LogP) is 3.93. The molecule has 5 rings (SSSR count). The SMILES string of the molecule is CO[C@@H]1/C=C/O[C@@]2(C)Oc3c(C)c(O)c4c(c3C2=O)C(=O)C=C(NC(=O)C(C)CCC[C@@H](C)[C@@H](O)[C@H](C)[C@@H](O)[C@H](C)[C@H](OC(C)=O)[C@H]1C)C4=O. The van der Waals surface area contributed by atoms with Gasteiger partial charge in [-0.2, -0.15) is 0 Å². The summed E-state index contributed by atoms with van der Waals surface area (Å²) in [7, 11) is 1.43. The normalized spacial score (nSPS) is 34.7. The highest BCUT2D eigenvalue weighted by Gasteiger charge is 2.51. The van der Waals surface area contributed by atoms with Gasteiger partial charge < -0.3 is 39.6 Å². The number of carbonyl (C=O) groups excluding carboxylic acids is 5. The fraction of sp³-hybridized carbons (Fsp3) is 0.595. The zero-order chi connectivity index (χ0) is 37.4. The van der Waals surface area contributed by atoms with Gasteiger partial charge in [0.15, 0.2) is 5.78 Å². The molecular formula is C37H49NO12. The summed E-state index contributed by atoms with van der Waals surface area (Å²) in [5.41, 5.74) is -1.29. The second-order valence-corrected chi connectivity index (χ2v) is 14.1. The van der Waals surface area contributed by atoms with Crippen molar-refractivity contribution in [3.8, 4) is 11.5 Å². The minimum atomic E-state index is -2.02. The lowest BCUT2D eigenvalue weighted by atomic mass is 9.77. The summed E-state index contributed by atoms with van der Waals surface area (Å²) in [6, 6.07) is 0. The zero-order valence-electron chi connectivity index (χ0n) is 30.1. The fourth-order valence-corrected chi connectivity index (χ4v) is 7.18. The van der Waals surface area contributed by atoms with Crippen molar-refractivity contribution >= 4 is 29.2 Å². The molecule has 0 spiro atoms. The largest absolute Gasteiger partial charge is 0.507 e. The summed E-state index contributed by atoms with van der Waals surface area (Å²) in [4.78, 5) is 66.4. The average molecular weight is 700 g/mol. The van der Waals surface area contributed by atoms with Crippen LogP contribution in [-0.2, 0) is 23.8 Å². The lowest BCUT2D eigenvalue weighted by Gasteiger charge is -2.38. The van der Waals surface area contributed by atoms with E-state index in [9.17, 15) is 39.3 Å². The van der Waals surface area contributed by atoms with Crippen molar-refractivity contribution in [3.05, 3.63) is 46.4 Å². The Balaban J connectivity index is 1.77. The monoisotopic (exact) mass is 699 g/mol. The Morgan fingerprint density at radius 1 is 0.960 bits per heavy atom. The number of phenolic OH excluding ortho intramolecular Hbond substituents is 1.